The fourth-order valence-corrected chi connectivity index (χ4v) is 5.72. The normalized spacial score (nSPS) is 13.0. The Kier molecular flexibility index (Phi) is 8.91. The van der Waals surface area contributed by atoms with Crippen LogP contribution in [0.3, 0.4) is 0 Å². The Morgan fingerprint density at radius 2 is 1.70 bits per heavy atom. The molecule has 4 aromatic rings. The van der Waals surface area contributed by atoms with Crippen LogP contribution in [0.15, 0.2) is 77.8 Å². The van der Waals surface area contributed by atoms with Crippen molar-refractivity contribution in [1.29, 1.82) is 0 Å². The van der Waals surface area contributed by atoms with Gasteiger partial charge in [0.1, 0.15) is 11.6 Å². The number of amides is 2. The highest BCUT2D eigenvalue weighted by Gasteiger charge is 2.30. The molecule has 0 saturated heterocycles. The number of hydrogen-bond donors (Lipinski definition) is 2. The summed E-state index contributed by atoms with van der Waals surface area (Å²) in [5, 5.41) is 6.88. The van der Waals surface area contributed by atoms with Crippen LogP contribution in [0, 0.1) is 0 Å². The minimum Gasteiger partial charge on any atom is -0.475 e. The summed E-state index contributed by atoms with van der Waals surface area (Å²) in [6, 6.07) is 17.8. The number of hydrogen-bond acceptors (Lipinski definition) is 8. The average molecular weight is 619 g/mol. The molecule has 3 aromatic carbocycles. The van der Waals surface area contributed by atoms with Crippen LogP contribution in [0.25, 0.3) is 0 Å². The van der Waals surface area contributed by atoms with Gasteiger partial charge in [-0.05, 0) is 65.9 Å². The minimum absolute atomic E-state index is 0.0280. The quantitative estimate of drug-likeness (QED) is 0.237. The molecule has 11 nitrogen and oxygen atoms in total. The number of rotatable bonds is 11. The van der Waals surface area contributed by atoms with Gasteiger partial charge in [0.25, 0.3) is 21.8 Å². The van der Waals surface area contributed by atoms with E-state index >= 15 is 0 Å². The first-order valence-corrected chi connectivity index (χ1v) is 15.7. The summed E-state index contributed by atoms with van der Waals surface area (Å²) in [6.45, 7) is 6.02. The Labute approximate surface area is 256 Å². The lowest BCUT2D eigenvalue weighted by Crippen LogP contribution is -2.37. The third kappa shape index (κ3) is 6.70. The lowest BCUT2D eigenvalue weighted by atomic mass is 10.0. The highest BCUT2D eigenvalue weighted by atomic mass is 32.2. The third-order valence-electron chi connectivity index (χ3n) is 7.18. The smallest absolute Gasteiger partial charge is 0.279 e. The van der Waals surface area contributed by atoms with Gasteiger partial charge in [-0.1, -0.05) is 45.4 Å². The Hall–Kier alpha value is -4.84. The van der Waals surface area contributed by atoms with E-state index in [4.69, 9.17) is 14.2 Å². The predicted molar refractivity (Wildman–Crippen MR) is 163 cm³/mol. The maximum atomic E-state index is 13.7. The summed E-state index contributed by atoms with van der Waals surface area (Å²) >= 11 is 0. The molecular weight excluding hydrogens is 584 g/mol. The number of anilines is 1. The lowest BCUT2D eigenvalue weighted by Gasteiger charge is -2.22. The van der Waals surface area contributed by atoms with Gasteiger partial charge in [0.2, 0.25) is 12.9 Å². The summed E-state index contributed by atoms with van der Waals surface area (Å²) < 4.78 is 47.4. The van der Waals surface area contributed by atoms with Gasteiger partial charge in [-0.2, -0.15) is 5.10 Å². The first-order valence-electron chi connectivity index (χ1n) is 14.2. The number of sulfonamides is 1. The molecule has 230 valence electrons. The number of ether oxygens (including phenoxy) is 3. The number of benzene rings is 3. The number of nitrogens with one attached hydrogen (secondary N) is 2. The summed E-state index contributed by atoms with van der Waals surface area (Å²) in [7, 11) is -2.50. The number of nitrogens with zero attached hydrogens (tertiary/aromatic N) is 2. The van der Waals surface area contributed by atoms with Crippen LogP contribution in [0.1, 0.15) is 66.3 Å². The van der Waals surface area contributed by atoms with E-state index in [0.717, 1.165) is 12.0 Å². The lowest BCUT2D eigenvalue weighted by molar-refractivity contribution is -0.126. The first-order chi connectivity index (χ1) is 21.1. The minimum atomic E-state index is -4.22. The largest absolute Gasteiger partial charge is 0.475 e. The standard InChI is InChI=1S/C32H34N4O7S/c1-5-6-22-17-24(31(37)34-29-15-16-33-36(29)4)10-13-26(22)43-30(23-9-14-27-28(18-23)42-19-41-27)32(38)35-44(39,40)25-11-7-21(8-12-25)20(2)3/h7-18,20,30H,5-6,19H2,1-4H3,(H,34,37)(H,35,38). The number of carbonyl (C=O) groups is 2. The monoisotopic (exact) mass is 618 g/mol. The van der Waals surface area contributed by atoms with Crippen molar-refractivity contribution in [2.75, 3.05) is 12.1 Å². The fourth-order valence-electron chi connectivity index (χ4n) is 4.74. The fraction of sp³-hybridized carbons (Fsp3) is 0.281. The Morgan fingerprint density at radius 1 is 0.977 bits per heavy atom. The number of aryl methyl sites for hydroxylation is 2. The molecule has 0 bridgehead atoms. The summed E-state index contributed by atoms with van der Waals surface area (Å²) in [4.78, 5) is 26.7. The maximum Gasteiger partial charge on any atom is 0.279 e. The third-order valence-corrected chi connectivity index (χ3v) is 8.54. The van der Waals surface area contributed by atoms with E-state index in [2.05, 4.69) is 15.1 Å². The molecule has 0 aliphatic carbocycles. The van der Waals surface area contributed by atoms with Gasteiger partial charge in [-0.25, -0.2) is 13.1 Å². The summed E-state index contributed by atoms with van der Waals surface area (Å²) in [6.07, 6.45) is 1.47. The molecule has 44 heavy (non-hydrogen) atoms. The van der Waals surface area contributed by atoms with Crippen molar-refractivity contribution in [3.63, 3.8) is 0 Å². The van der Waals surface area contributed by atoms with Crippen LogP contribution in [0.4, 0.5) is 5.82 Å². The van der Waals surface area contributed by atoms with Crippen LogP contribution < -0.4 is 24.2 Å². The van der Waals surface area contributed by atoms with Crippen molar-refractivity contribution in [3.05, 3.63) is 95.2 Å². The Bertz CT molecular complexity index is 1780. The molecule has 2 N–H and O–H groups in total. The molecule has 2 amide bonds. The molecule has 12 heteroatoms. The molecule has 1 atom stereocenters. The van der Waals surface area contributed by atoms with Crippen LogP contribution in [0.2, 0.25) is 0 Å². The molecule has 2 heterocycles. The van der Waals surface area contributed by atoms with E-state index in [0.29, 0.717) is 46.2 Å². The molecule has 1 aliphatic rings. The molecule has 0 saturated carbocycles. The van der Waals surface area contributed by atoms with E-state index in [1.165, 1.54) is 12.1 Å². The van der Waals surface area contributed by atoms with Gasteiger partial charge in [-0.15, -0.1) is 0 Å². The van der Waals surface area contributed by atoms with Gasteiger partial charge in [0.05, 0.1) is 11.1 Å². The van der Waals surface area contributed by atoms with Gasteiger partial charge >= 0.3 is 0 Å². The Balaban J connectivity index is 1.45. The summed E-state index contributed by atoms with van der Waals surface area (Å²) in [5.41, 5.74) is 2.39. The van der Waals surface area contributed by atoms with Gasteiger partial charge in [-0.3, -0.25) is 14.3 Å². The molecule has 0 spiro atoms. The van der Waals surface area contributed by atoms with Crippen LogP contribution in [-0.4, -0.2) is 36.8 Å². The molecule has 1 aromatic heterocycles. The maximum absolute atomic E-state index is 13.7. The summed E-state index contributed by atoms with van der Waals surface area (Å²) in [5.74, 6) is 0.769. The molecule has 0 radical (unpaired) electrons. The van der Waals surface area contributed by atoms with E-state index in [9.17, 15) is 18.0 Å². The van der Waals surface area contributed by atoms with E-state index < -0.39 is 22.0 Å². The Morgan fingerprint density at radius 3 is 2.39 bits per heavy atom. The number of carbonyl (C=O) groups excluding carboxylic acids is 2. The number of aromatic nitrogens is 2. The zero-order chi connectivity index (χ0) is 31.4. The van der Waals surface area contributed by atoms with Crippen molar-refractivity contribution in [2.24, 2.45) is 7.05 Å². The predicted octanol–water partition coefficient (Wildman–Crippen LogP) is 5.10. The zero-order valence-corrected chi connectivity index (χ0v) is 25.7. The van der Waals surface area contributed by atoms with Gasteiger partial charge < -0.3 is 19.5 Å². The van der Waals surface area contributed by atoms with Crippen molar-refractivity contribution in [1.82, 2.24) is 14.5 Å². The van der Waals surface area contributed by atoms with Gasteiger partial charge in [0, 0.05) is 24.2 Å². The van der Waals surface area contributed by atoms with Crippen molar-refractivity contribution < 1.29 is 32.2 Å². The highest BCUT2D eigenvalue weighted by molar-refractivity contribution is 7.90. The van der Waals surface area contributed by atoms with Crippen molar-refractivity contribution in [2.45, 2.75) is 50.5 Å². The van der Waals surface area contributed by atoms with Crippen LogP contribution in [-0.2, 0) is 28.3 Å². The second kappa shape index (κ2) is 12.8. The second-order valence-electron chi connectivity index (χ2n) is 10.7. The molecule has 0 fully saturated rings. The molecule has 1 aliphatic heterocycles. The molecule has 5 rings (SSSR count). The highest BCUT2D eigenvalue weighted by Crippen LogP contribution is 2.36. The van der Waals surface area contributed by atoms with E-state index in [1.54, 1.807) is 72.5 Å². The van der Waals surface area contributed by atoms with Crippen molar-refractivity contribution in [3.8, 4) is 17.2 Å². The molecular formula is C32H34N4O7S. The second-order valence-corrected chi connectivity index (χ2v) is 12.4. The SMILES string of the molecule is CCCc1cc(C(=O)Nc2ccnn2C)ccc1OC(C(=O)NS(=O)(=O)c1ccc(C(C)C)cc1)c1ccc2c(c1)OCO2. The van der Waals surface area contributed by atoms with Crippen molar-refractivity contribution >= 4 is 27.7 Å². The van der Waals surface area contributed by atoms with Crippen LogP contribution in [0.5, 0.6) is 17.2 Å². The van der Waals surface area contributed by atoms with E-state index in [1.807, 2.05) is 20.8 Å². The first kappa shape index (κ1) is 30.6. The number of fused-ring (bicyclic) bond motifs is 1. The molecule has 1 unspecified atom stereocenters. The van der Waals surface area contributed by atoms with Crippen LogP contribution >= 0.6 is 0 Å². The van der Waals surface area contributed by atoms with Gasteiger partial charge in [0.15, 0.2) is 11.5 Å². The zero-order valence-electron chi connectivity index (χ0n) is 24.9. The topological polar surface area (TPSA) is 138 Å². The average Bonchev–Trinajstić information content (AvgIpc) is 3.64. The van der Waals surface area contributed by atoms with E-state index in [-0.39, 0.29) is 23.5 Å².